The minimum atomic E-state index is 0.809. The van der Waals surface area contributed by atoms with Gasteiger partial charge >= 0.3 is 0 Å². The highest BCUT2D eigenvalue weighted by Crippen LogP contribution is 2.42. The van der Waals surface area contributed by atoms with Gasteiger partial charge in [-0.05, 0) is 35.7 Å². The summed E-state index contributed by atoms with van der Waals surface area (Å²) in [4.78, 5) is 0. The smallest absolute Gasteiger partial charge is 0.241 e. The molecule has 0 bridgehead atoms. The third kappa shape index (κ3) is 1.79. The maximum Gasteiger partial charge on any atom is 0.241 e. The number of aromatic nitrogens is 3. The van der Waals surface area contributed by atoms with Crippen molar-refractivity contribution in [1.82, 2.24) is 9.13 Å². The molecule has 1 aliphatic rings. The van der Waals surface area contributed by atoms with E-state index in [1.54, 1.807) is 0 Å². The lowest BCUT2D eigenvalue weighted by atomic mass is 10.0. The summed E-state index contributed by atoms with van der Waals surface area (Å²) < 4.78 is 7.33. The van der Waals surface area contributed by atoms with Crippen LogP contribution < -0.4 is 4.57 Å². The Morgan fingerprint density at radius 3 is 2.35 bits per heavy atom. The van der Waals surface area contributed by atoms with E-state index >= 15 is 0 Å². The highest BCUT2D eigenvalue weighted by atomic mass is 15.2. The van der Waals surface area contributed by atoms with E-state index < -0.39 is 0 Å². The van der Waals surface area contributed by atoms with Crippen LogP contribution in [0.1, 0.15) is 0 Å². The fourth-order valence-electron chi connectivity index (χ4n) is 5.76. The summed E-state index contributed by atoms with van der Waals surface area (Å²) in [7, 11) is 0. The summed E-state index contributed by atoms with van der Waals surface area (Å²) in [6, 6.07) is 33.1. The maximum atomic E-state index is 2.50. The number of hydrogen-bond donors (Lipinski definition) is 0. The summed E-state index contributed by atoms with van der Waals surface area (Å²) in [5, 5.41) is 6.68. The molecule has 0 unspecified atom stereocenters. The van der Waals surface area contributed by atoms with E-state index in [9.17, 15) is 0 Å². The molecule has 144 valence electrons. The van der Waals surface area contributed by atoms with Gasteiger partial charge in [0.1, 0.15) is 5.52 Å². The van der Waals surface area contributed by atoms with Gasteiger partial charge in [-0.2, -0.15) is 4.57 Å². The second-order valence-electron chi connectivity index (χ2n) is 8.49. The highest BCUT2D eigenvalue weighted by molar-refractivity contribution is 6.29. The molecule has 4 heterocycles. The Labute approximate surface area is 178 Å². The number of benzene rings is 4. The van der Waals surface area contributed by atoms with Gasteiger partial charge in [0.15, 0.2) is 6.20 Å². The quantitative estimate of drug-likeness (QED) is 0.295. The monoisotopic (exact) mass is 396 g/mol. The first-order valence-corrected chi connectivity index (χ1v) is 10.7. The molecular weight excluding hydrogens is 378 g/mol. The molecule has 31 heavy (non-hydrogen) atoms. The van der Waals surface area contributed by atoms with Crippen LogP contribution in [-0.2, 0) is 6.67 Å². The fraction of sp³-hybridized carbons (Fsp3) is 0.0357. The zero-order valence-electron chi connectivity index (χ0n) is 16.8. The van der Waals surface area contributed by atoms with Gasteiger partial charge in [-0.1, -0.05) is 54.6 Å². The average Bonchev–Trinajstić information content (AvgIpc) is 3.27. The lowest BCUT2D eigenvalue weighted by molar-refractivity contribution is -0.674. The van der Waals surface area contributed by atoms with Gasteiger partial charge in [0.05, 0.1) is 21.9 Å². The Morgan fingerprint density at radius 1 is 0.613 bits per heavy atom. The van der Waals surface area contributed by atoms with Crippen molar-refractivity contribution in [3.8, 4) is 5.69 Å². The number of hydrogen-bond acceptors (Lipinski definition) is 0. The molecule has 3 aromatic heterocycles. The Morgan fingerprint density at radius 2 is 1.42 bits per heavy atom. The molecule has 0 aliphatic carbocycles. The number of pyridine rings is 1. The van der Waals surface area contributed by atoms with Crippen LogP contribution in [0.2, 0.25) is 0 Å². The Kier molecular flexibility index (Phi) is 2.69. The molecule has 0 amide bonds. The first kappa shape index (κ1) is 15.7. The van der Waals surface area contributed by atoms with Crippen molar-refractivity contribution in [2.75, 3.05) is 0 Å². The summed E-state index contributed by atoms with van der Waals surface area (Å²) in [5.74, 6) is 0. The van der Waals surface area contributed by atoms with Gasteiger partial charge in [0.2, 0.25) is 12.2 Å². The van der Waals surface area contributed by atoms with Crippen LogP contribution in [-0.4, -0.2) is 9.13 Å². The summed E-state index contributed by atoms with van der Waals surface area (Å²) >= 11 is 0. The third-order valence-electron chi connectivity index (χ3n) is 6.97. The fourth-order valence-corrected chi connectivity index (χ4v) is 5.76. The molecule has 8 rings (SSSR count). The lowest BCUT2D eigenvalue weighted by Crippen LogP contribution is -2.37. The minimum Gasteiger partial charge on any atom is -0.304 e. The van der Waals surface area contributed by atoms with Gasteiger partial charge in [-0.3, -0.25) is 4.57 Å². The highest BCUT2D eigenvalue weighted by Gasteiger charge is 2.28. The molecule has 1 aliphatic heterocycles. The van der Waals surface area contributed by atoms with Crippen LogP contribution >= 0.6 is 0 Å². The molecule has 0 saturated carbocycles. The standard InChI is InChI=1S/C28H18N3/c1-2-7-19(8-3-1)31-23-15-13-18-12-14-21-20-9-4-5-10-22(20)30-17-29-16-6-11-24(31)28(29)26(23)25(18)27(21)30/h1-16H,17H2/q+1. The molecule has 7 aromatic rings. The van der Waals surface area contributed by atoms with Crippen molar-refractivity contribution in [2.45, 2.75) is 6.67 Å². The lowest BCUT2D eigenvalue weighted by Gasteiger charge is -2.09. The number of para-hydroxylation sites is 2. The van der Waals surface area contributed by atoms with Crippen molar-refractivity contribution >= 4 is 54.5 Å². The van der Waals surface area contributed by atoms with E-state index in [1.165, 1.54) is 60.2 Å². The predicted molar refractivity (Wildman–Crippen MR) is 127 cm³/mol. The zero-order valence-corrected chi connectivity index (χ0v) is 16.8. The van der Waals surface area contributed by atoms with Crippen LogP contribution in [0.25, 0.3) is 60.2 Å². The molecule has 0 atom stereocenters. The van der Waals surface area contributed by atoms with Crippen LogP contribution in [0.15, 0.2) is 97.2 Å². The molecule has 0 saturated heterocycles. The molecule has 0 fully saturated rings. The van der Waals surface area contributed by atoms with E-state index in [0.29, 0.717) is 0 Å². The molecule has 3 nitrogen and oxygen atoms in total. The maximum absolute atomic E-state index is 2.50. The van der Waals surface area contributed by atoms with Gasteiger partial charge in [-0.15, -0.1) is 0 Å². The van der Waals surface area contributed by atoms with Crippen LogP contribution in [0.5, 0.6) is 0 Å². The van der Waals surface area contributed by atoms with Gasteiger partial charge in [-0.25, -0.2) is 0 Å². The zero-order chi connectivity index (χ0) is 20.1. The molecule has 0 N–H and O–H groups in total. The molecule has 0 radical (unpaired) electrons. The Hall–Kier alpha value is -4.11. The summed E-state index contributed by atoms with van der Waals surface area (Å²) in [5.41, 5.74) is 7.68. The molecule has 3 heteroatoms. The SMILES string of the molecule is c1ccc(-n2c3ccc4ccc5c6ccccc6n6c5c4c3c3c2ccc[n+]3C6)cc1. The average molecular weight is 396 g/mol. The van der Waals surface area contributed by atoms with Crippen molar-refractivity contribution in [3.05, 3.63) is 97.2 Å². The first-order chi connectivity index (χ1) is 15.4. The number of nitrogens with zero attached hydrogens (tertiary/aromatic N) is 3. The normalized spacial score (nSPS) is 13.0. The predicted octanol–water partition coefficient (Wildman–Crippen LogP) is 6.15. The largest absolute Gasteiger partial charge is 0.304 e. The van der Waals surface area contributed by atoms with E-state index in [-0.39, 0.29) is 0 Å². The van der Waals surface area contributed by atoms with Crippen LogP contribution in [0, 0.1) is 0 Å². The van der Waals surface area contributed by atoms with E-state index in [2.05, 4.69) is 111 Å². The number of fused-ring (bicyclic) bond motifs is 3. The van der Waals surface area contributed by atoms with Gasteiger partial charge in [0, 0.05) is 27.9 Å². The van der Waals surface area contributed by atoms with Crippen LogP contribution in [0.4, 0.5) is 0 Å². The Bertz CT molecular complexity index is 1850. The van der Waals surface area contributed by atoms with Crippen molar-refractivity contribution in [1.29, 1.82) is 0 Å². The first-order valence-electron chi connectivity index (χ1n) is 10.7. The third-order valence-corrected chi connectivity index (χ3v) is 6.97. The van der Waals surface area contributed by atoms with Gasteiger partial charge < -0.3 is 4.57 Å². The summed E-state index contributed by atoms with van der Waals surface area (Å²) in [6.45, 7) is 0.809. The van der Waals surface area contributed by atoms with Crippen molar-refractivity contribution < 1.29 is 4.57 Å². The minimum absolute atomic E-state index is 0.809. The topological polar surface area (TPSA) is 13.7 Å². The van der Waals surface area contributed by atoms with Crippen LogP contribution in [0.3, 0.4) is 0 Å². The molecule has 0 spiro atoms. The van der Waals surface area contributed by atoms with E-state index in [0.717, 1.165) is 6.67 Å². The molecular formula is C28H18N3+. The molecule has 4 aromatic carbocycles. The Balaban J connectivity index is 1.73. The number of rotatable bonds is 1. The second kappa shape index (κ2) is 5.32. The van der Waals surface area contributed by atoms with Gasteiger partial charge in [0.25, 0.3) is 0 Å². The van der Waals surface area contributed by atoms with Crippen molar-refractivity contribution in [2.24, 2.45) is 0 Å². The summed E-state index contributed by atoms with van der Waals surface area (Å²) in [6.07, 6.45) is 2.22. The van der Waals surface area contributed by atoms with Crippen molar-refractivity contribution in [3.63, 3.8) is 0 Å². The second-order valence-corrected chi connectivity index (χ2v) is 8.49. The van der Waals surface area contributed by atoms with E-state index in [4.69, 9.17) is 0 Å². The van der Waals surface area contributed by atoms with E-state index in [1.807, 2.05) is 0 Å².